The second kappa shape index (κ2) is 64.1. The minimum Gasteiger partial charge on any atom is -0.462 e. The number of hydrogen-bond acceptors (Lipinski definition) is 15. The van der Waals surface area contributed by atoms with E-state index in [-0.39, 0.29) is 25.7 Å². The fraction of sp³-hybridized carbons (Fsp3) is 0.944. The molecular weight excluding hydrogens is 1200 g/mol. The Bertz CT molecular complexity index is 1770. The lowest BCUT2D eigenvalue weighted by atomic mass is 10.0. The molecule has 0 heterocycles. The van der Waals surface area contributed by atoms with Crippen molar-refractivity contribution in [2.45, 2.75) is 387 Å². The molecule has 0 radical (unpaired) electrons. The van der Waals surface area contributed by atoms with Gasteiger partial charge in [0.15, 0.2) is 12.2 Å². The van der Waals surface area contributed by atoms with Gasteiger partial charge in [-0.1, -0.05) is 318 Å². The predicted octanol–water partition coefficient (Wildman–Crippen LogP) is 20.8. The van der Waals surface area contributed by atoms with Gasteiger partial charge in [-0.3, -0.25) is 37.3 Å². The quantitative estimate of drug-likeness (QED) is 0.0222. The highest BCUT2D eigenvalue weighted by Crippen LogP contribution is 2.45. The van der Waals surface area contributed by atoms with Crippen LogP contribution in [0.1, 0.15) is 369 Å². The average molecular weight is 1340 g/mol. The van der Waals surface area contributed by atoms with Crippen LogP contribution in [0.5, 0.6) is 0 Å². The second-order valence-corrected chi connectivity index (χ2v) is 29.8. The Labute approximate surface area is 556 Å². The smallest absolute Gasteiger partial charge is 0.462 e. The number of esters is 4. The van der Waals surface area contributed by atoms with Gasteiger partial charge in [0.25, 0.3) is 0 Å². The summed E-state index contributed by atoms with van der Waals surface area (Å²) in [6.07, 6.45) is 49.8. The van der Waals surface area contributed by atoms with Crippen LogP contribution in [0.25, 0.3) is 0 Å². The first kappa shape index (κ1) is 89.1. The molecule has 0 amide bonds. The van der Waals surface area contributed by atoms with Gasteiger partial charge in [0.1, 0.15) is 19.3 Å². The number of unbranched alkanes of at least 4 members (excludes halogenated alkanes) is 41. The molecule has 0 rings (SSSR count). The van der Waals surface area contributed by atoms with Crippen molar-refractivity contribution in [1.29, 1.82) is 0 Å². The molecule has 0 aromatic carbocycles. The lowest BCUT2D eigenvalue weighted by molar-refractivity contribution is -0.161. The maximum atomic E-state index is 13.0. The Balaban J connectivity index is 5.26. The standard InChI is InChI=1S/C72H140O17P2/c1-7-9-11-13-15-17-19-21-23-30-36-42-48-54-69(74)82-60-67(89-72(77)57-51-45-39-32-26-25-28-34-40-46-52-64(3)4)62-86-90(78,79)84-58-66(73)59-85-91(80,81)87-63-68(61-83-70(75)55-49-43-37-33-27-29-35-41-47-53-65(5)6)88-71(76)56-50-44-38-31-24-22-20-18-16-14-12-10-8-2/h64-68,73H,7-63H2,1-6H3,(H,78,79)(H,80,81)/t66-,67-,68-/m1/s1. The fourth-order valence-electron chi connectivity index (χ4n) is 10.9. The van der Waals surface area contributed by atoms with E-state index in [9.17, 15) is 43.2 Å². The minimum absolute atomic E-state index is 0.106. The van der Waals surface area contributed by atoms with E-state index in [1.165, 1.54) is 186 Å². The number of ether oxygens (including phenoxy) is 4. The lowest BCUT2D eigenvalue weighted by Crippen LogP contribution is -2.30. The summed E-state index contributed by atoms with van der Waals surface area (Å²) in [4.78, 5) is 72.7. The van der Waals surface area contributed by atoms with Crippen molar-refractivity contribution in [3.63, 3.8) is 0 Å². The van der Waals surface area contributed by atoms with E-state index in [0.717, 1.165) is 102 Å². The van der Waals surface area contributed by atoms with Gasteiger partial charge >= 0.3 is 39.5 Å². The molecule has 0 aliphatic rings. The number of carbonyl (C=O) groups is 4. The molecule has 5 atom stereocenters. The summed E-state index contributed by atoms with van der Waals surface area (Å²) in [7, 11) is -9.90. The molecule has 0 aromatic heterocycles. The molecule has 0 saturated carbocycles. The summed E-state index contributed by atoms with van der Waals surface area (Å²) >= 11 is 0. The van der Waals surface area contributed by atoms with Crippen LogP contribution in [-0.4, -0.2) is 96.7 Å². The van der Waals surface area contributed by atoms with Crippen molar-refractivity contribution < 1.29 is 80.2 Å². The predicted molar refractivity (Wildman–Crippen MR) is 368 cm³/mol. The fourth-order valence-corrected chi connectivity index (χ4v) is 12.5. The summed E-state index contributed by atoms with van der Waals surface area (Å²) in [5, 5.41) is 10.6. The third-order valence-electron chi connectivity index (χ3n) is 16.7. The van der Waals surface area contributed by atoms with E-state index < -0.39 is 97.5 Å². The second-order valence-electron chi connectivity index (χ2n) is 26.9. The number of carbonyl (C=O) groups excluding carboxylic acids is 4. The van der Waals surface area contributed by atoms with Crippen molar-refractivity contribution in [2.24, 2.45) is 11.8 Å². The Kier molecular flexibility index (Phi) is 62.7. The van der Waals surface area contributed by atoms with Crippen LogP contribution in [0.15, 0.2) is 0 Å². The van der Waals surface area contributed by atoms with E-state index in [2.05, 4.69) is 41.5 Å². The number of phosphoric acid groups is 2. The van der Waals surface area contributed by atoms with Gasteiger partial charge in [0.05, 0.1) is 26.4 Å². The minimum atomic E-state index is -4.95. The Hall–Kier alpha value is -1.94. The molecule has 0 aliphatic carbocycles. The summed E-state index contributed by atoms with van der Waals surface area (Å²) < 4.78 is 68.4. The van der Waals surface area contributed by atoms with Crippen LogP contribution in [0, 0.1) is 11.8 Å². The van der Waals surface area contributed by atoms with Crippen LogP contribution in [0.3, 0.4) is 0 Å². The zero-order valence-corrected chi connectivity index (χ0v) is 60.9. The highest BCUT2D eigenvalue weighted by Gasteiger charge is 2.30. The summed E-state index contributed by atoms with van der Waals surface area (Å²) in [5.41, 5.74) is 0. The normalized spacial score (nSPS) is 14.1. The maximum absolute atomic E-state index is 13.0. The van der Waals surface area contributed by atoms with Gasteiger partial charge in [-0.05, 0) is 37.5 Å². The Morgan fingerprint density at radius 2 is 0.505 bits per heavy atom. The highest BCUT2D eigenvalue weighted by atomic mass is 31.2. The Morgan fingerprint density at radius 3 is 0.747 bits per heavy atom. The lowest BCUT2D eigenvalue weighted by Gasteiger charge is -2.21. The topological polar surface area (TPSA) is 237 Å². The third-order valence-corrected chi connectivity index (χ3v) is 18.6. The van der Waals surface area contributed by atoms with E-state index in [0.29, 0.717) is 25.7 Å². The van der Waals surface area contributed by atoms with Crippen molar-refractivity contribution in [3.05, 3.63) is 0 Å². The summed E-state index contributed by atoms with van der Waals surface area (Å²) in [5.74, 6) is -0.623. The summed E-state index contributed by atoms with van der Waals surface area (Å²) in [6.45, 7) is 9.54. The number of rotatable bonds is 71. The molecule has 0 aromatic rings. The van der Waals surface area contributed by atoms with Crippen molar-refractivity contribution in [3.8, 4) is 0 Å². The number of aliphatic hydroxyl groups excluding tert-OH is 1. The van der Waals surface area contributed by atoms with Crippen LogP contribution >= 0.6 is 15.6 Å². The van der Waals surface area contributed by atoms with E-state index in [1.54, 1.807) is 0 Å². The van der Waals surface area contributed by atoms with Crippen LogP contribution < -0.4 is 0 Å². The van der Waals surface area contributed by atoms with Crippen LogP contribution in [0.4, 0.5) is 0 Å². The zero-order valence-electron chi connectivity index (χ0n) is 59.1. The van der Waals surface area contributed by atoms with Crippen LogP contribution in [0.2, 0.25) is 0 Å². The molecule has 17 nitrogen and oxygen atoms in total. The van der Waals surface area contributed by atoms with Crippen molar-refractivity contribution in [1.82, 2.24) is 0 Å². The molecular formula is C72H140O17P2. The molecule has 91 heavy (non-hydrogen) atoms. The first-order valence-corrected chi connectivity index (χ1v) is 40.5. The molecule has 0 aliphatic heterocycles. The molecule has 0 bridgehead atoms. The first-order valence-electron chi connectivity index (χ1n) is 37.5. The third kappa shape index (κ3) is 66.5. The first-order chi connectivity index (χ1) is 43.9. The van der Waals surface area contributed by atoms with E-state index in [1.807, 2.05) is 0 Å². The monoisotopic (exact) mass is 1340 g/mol. The molecule has 3 N–H and O–H groups in total. The molecule has 2 unspecified atom stereocenters. The molecule has 0 spiro atoms. The summed E-state index contributed by atoms with van der Waals surface area (Å²) in [6, 6.07) is 0. The van der Waals surface area contributed by atoms with Crippen molar-refractivity contribution in [2.75, 3.05) is 39.6 Å². The van der Waals surface area contributed by atoms with Crippen LogP contribution in [-0.2, 0) is 65.4 Å². The SMILES string of the molecule is CCCCCCCCCCCCCCCC(=O)OC[C@H](COP(=O)(O)OC[C@@H](O)COP(=O)(O)OC[C@@H](COC(=O)CCCCCCCCCCCC(C)C)OC(=O)CCCCCCCCCCCCCCC)OC(=O)CCCCCCCCCCCCC(C)C. The average Bonchev–Trinajstić information content (AvgIpc) is 3.33. The van der Waals surface area contributed by atoms with Gasteiger partial charge in [0.2, 0.25) is 0 Å². The Morgan fingerprint density at radius 1 is 0.297 bits per heavy atom. The number of phosphoric ester groups is 2. The van der Waals surface area contributed by atoms with Gasteiger partial charge in [-0.2, -0.15) is 0 Å². The maximum Gasteiger partial charge on any atom is 0.472 e. The van der Waals surface area contributed by atoms with E-state index in [4.69, 9.17) is 37.0 Å². The largest absolute Gasteiger partial charge is 0.472 e. The number of aliphatic hydroxyl groups is 1. The van der Waals surface area contributed by atoms with Gasteiger partial charge < -0.3 is 33.8 Å². The van der Waals surface area contributed by atoms with Gasteiger partial charge in [0, 0.05) is 25.7 Å². The zero-order chi connectivity index (χ0) is 67.2. The number of hydrogen-bond donors (Lipinski definition) is 3. The van der Waals surface area contributed by atoms with Crippen molar-refractivity contribution >= 4 is 39.5 Å². The molecule has 0 fully saturated rings. The highest BCUT2D eigenvalue weighted by molar-refractivity contribution is 7.47. The molecule has 540 valence electrons. The van der Waals surface area contributed by atoms with Gasteiger partial charge in [-0.25, -0.2) is 9.13 Å². The molecule has 19 heteroatoms. The van der Waals surface area contributed by atoms with Gasteiger partial charge in [-0.15, -0.1) is 0 Å². The molecule has 0 saturated heterocycles. The van der Waals surface area contributed by atoms with E-state index >= 15 is 0 Å².